The van der Waals surface area contributed by atoms with Gasteiger partial charge in [0.2, 0.25) is 0 Å². The summed E-state index contributed by atoms with van der Waals surface area (Å²) in [5.74, 6) is 0. The van der Waals surface area contributed by atoms with Crippen molar-refractivity contribution in [1.82, 2.24) is 9.55 Å². The average molecular weight is 720 g/mol. The fraction of sp³-hybridized carbons (Fsp3) is 0.113. The van der Waals surface area contributed by atoms with E-state index in [0.717, 1.165) is 16.9 Å². The van der Waals surface area contributed by atoms with Crippen LogP contribution in [0.1, 0.15) is 49.9 Å². The fourth-order valence-electron chi connectivity index (χ4n) is 9.71. The summed E-state index contributed by atoms with van der Waals surface area (Å²) in [4.78, 5) is 7.13. The van der Waals surface area contributed by atoms with Gasteiger partial charge in [-0.25, -0.2) is 0 Å². The van der Waals surface area contributed by atoms with E-state index >= 15 is 0 Å². The maximum absolute atomic E-state index is 4.63. The third-order valence-corrected chi connectivity index (χ3v) is 12.6. The van der Waals surface area contributed by atoms with Crippen LogP contribution in [-0.4, -0.2) is 9.55 Å². The number of hydrogen-bond donors (Lipinski definition) is 0. The highest BCUT2D eigenvalue weighted by molar-refractivity contribution is 6.10. The van der Waals surface area contributed by atoms with E-state index in [1.54, 1.807) is 0 Å². The molecule has 7 aromatic carbocycles. The summed E-state index contributed by atoms with van der Waals surface area (Å²) in [6.45, 7) is 9.56. The van der Waals surface area contributed by atoms with Crippen LogP contribution in [-0.2, 0) is 10.8 Å². The predicted octanol–water partition coefficient (Wildman–Crippen LogP) is 13.9. The zero-order chi connectivity index (χ0) is 37.8. The van der Waals surface area contributed by atoms with Gasteiger partial charge in [0.1, 0.15) is 0 Å². The predicted molar refractivity (Wildman–Crippen MR) is 234 cm³/mol. The van der Waals surface area contributed by atoms with E-state index in [4.69, 9.17) is 0 Å². The Bertz CT molecular complexity index is 3010. The van der Waals surface area contributed by atoms with Crippen molar-refractivity contribution in [3.05, 3.63) is 198 Å². The Hall–Kier alpha value is -6.71. The number of rotatable bonds is 4. The Morgan fingerprint density at radius 3 is 1.89 bits per heavy atom. The Morgan fingerprint density at radius 1 is 0.411 bits per heavy atom. The van der Waals surface area contributed by atoms with Crippen molar-refractivity contribution in [2.45, 2.75) is 38.5 Å². The molecule has 56 heavy (non-hydrogen) atoms. The molecule has 0 atom stereocenters. The van der Waals surface area contributed by atoms with Gasteiger partial charge in [0, 0.05) is 44.7 Å². The van der Waals surface area contributed by atoms with Gasteiger partial charge in [-0.2, -0.15) is 0 Å². The average Bonchev–Trinajstić information content (AvgIpc) is 3.69. The zero-order valence-electron chi connectivity index (χ0n) is 32.1. The maximum Gasteiger partial charge on any atom is 0.0701 e. The lowest BCUT2D eigenvalue weighted by molar-refractivity contribution is 0.627. The van der Waals surface area contributed by atoms with E-state index in [1.165, 1.54) is 83.4 Å². The molecular formula is C53H41N3. The Morgan fingerprint density at radius 2 is 1.07 bits per heavy atom. The van der Waals surface area contributed by atoms with E-state index in [-0.39, 0.29) is 10.8 Å². The van der Waals surface area contributed by atoms with Crippen molar-refractivity contribution in [2.75, 3.05) is 4.90 Å². The smallest absolute Gasteiger partial charge is 0.0701 e. The molecule has 0 saturated carbocycles. The number of fused-ring (bicyclic) bond motifs is 8. The van der Waals surface area contributed by atoms with Gasteiger partial charge in [0.15, 0.2) is 0 Å². The first kappa shape index (κ1) is 32.7. The van der Waals surface area contributed by atoms with Gasteiger partial charge < -0.3 is 9.47 Å². The van der Waals surface area contributed by atoms with Crippen molar-refractivity contribution in [2.24, 2.45) is 0 Å². The molecule has 0 N–H and O–H groups in total. The summed E-state index contributed by atoms with van der Waals surface area (Å²) in [5.41, 5.74) is 19.5. The van der Waals surface area contributed by atoms with E-state index < -0.39 is 0 Å². The molecule has 2 aliphatic rings. The van der Waals surface area contributed by atoms with Crippen LogP contribution in [0.4, 0.5) is 17.1 Å². The van der Waals surface area contributed by atoms with Gasteiger partial charge in [0.25, 0.3) is 0 Å². The summed E-state index contributed by atoms with van der Waals surface area (Å²) in [6.07, 6.45) is 1.86. The molecule has 9 aromatic rings. The van der Waals surface area contributed by atoms with Crippen LogP contribution < -0.4 is 4.90 Å². The number of hydrogen-bond acceptors (Lipinski definition) is 2. The van der Waals surface area contributed by atoms with Crippen LogP contribution in [0.3, 0.4) is 0 Å². The summed E-state index contributed by atoms with van der Waals surface area (Å²) < 4.78 is 2.39. The summed E-state index contributed by atoms with van der Waals surface area (Å²) in [7, 11) is 0. The largest absolute Gasteiger partial charge is 0.310 e. The van der Waals surface area contributed by atoms with Crippen LogP contribution in [0.2, 0.25) is 0 Å². The topological polar surface area (TPSA) is 21.1 Å². The van der Waals surface area contributed by atoms with Crippen molar-refractivity contribution in [1.29, 1.82) is 0 Å². The van der Waals surface area contributed by atoms with Gasteiger partial charge in [0.05, 0.1) is 28.1 Å². The minimum absolute atomic E-state index is 0.105. The zero-order valence-corrected chi connectivity index (χ0v) is 32.1. The second-order valence-corrected chi connectivity index (χ2v) is 16.5. The molecule has 268 valence electrons. The number of pyridine rings is 1. The van der Waals surface area contributed by atoms with Crippen LogP contribution in [0.5, 0.6) is 0 Å². The maximum atomic E-state index is 4.63. The summed E-state index contributed by atoms with van der Waals surface area (Å²) in [5, 5.41) is 2.52. The van der Waals surface area contributed by atoms with Crippen LogP contribution in [0, 0.1) is 0 Å². The molecular weight excluding hydrogens is 679 g/mol. The van der Waals surface area contributed by atoms with Crippen LogP contribution in [0.25, 0.3) is 61.0 Å². The van der Waals surface area contributed by atoms with E-state index in [0.29, 0.717) is 0 Å². The number of aromatic nitrogens is 2. The standard InChI is InChI=1S/C53H41N3/c1-52(2)43-18-10-8-16-39(43)41-32-46-51(33-44(41)52)56(38-25-21-34(22-26-38)47-19-12-13-29-54-47)50-28-24-36(31-45(50)53(46,3)4)35-23-27-49-42(30-35)40-17-9-11-20-48(40)55(49)37-14-6-5-7-15-37/h5-33H,1-4H3. The molecule has 3 heteroatoms. The number of benzene rings is 7. The second-order valence-electron chi connectivity index (χ2n) is 16.5. The van der Waals surface area contributed by atoms with E-state index in [2.05, 4.69) is 200 Å². The lowest BCUT2D eigenvalue weighted by Crippen LogP contribution is -2.31. The van der Waals surface area contributed by atoms with Crippen molar-refractivity contribution in [3.8, 4) is 39.2 Å². The van der Waals surface area contributed by atoms with Crippen molar-refractivity contribution in [3.63, 3.8) is 0 Å². The molecule has 0 spiro atoms. The van der Waals surface area contributed by atoms with Gasteiger partial charge >= 0.3 is 0 Å². The Balaban J connectivity index is 1.11. The minimum Gasteiger partial charge on any atom is -0.310 e. The molecule has 0 bridgehead atoms. The third kappa shape index (κ3) is 4.67. The first-order chi connectivity index (χ1) is 27.3. The summed E-state index contributed by atoms with van der Waals surface area (Å²) >= 11 is 0. The molecule has 0 saturated heterocycles. The molecule has 3 heterocycles. The highest BCUT2D eigenvalue weighted by Crippen LogP contribution is 2.58. The Kier molecular flexibility index (Phi) is 6.94. The van der Waals surface area contributed by atoms with E-state index in [1.807, 2.05) is 18.3 Å². The van der Waals surface area contributed by atoms with Gasteiger partial charge in [-0.15, -0.1) is 0 Å². The quantitative estimate of drug-likeness (QED) is 0.181. The molecule has 0 fully saturated rings. The Labute approximate surface area is 328 Å². The molecule has 0 radical (unpaired) electrons. The van der Waals surface area contributed by atoms with Crippen molar-refractivity contribution < 1.29 is 0 Å². The lowest BCUT2D eigenvalue weighted by atomic mass is 9.71. The monoisotopic (exact) mass is 719 g/mol. The first-order valence-electron chi connectivity index (χ1n) is 19.6. The highest BCUT2D eigenvalue weighted by atomic mass is 15.2. The summed E-state index contributed by atoms with van der Waals surface area (Å²) in [6, 6.07) is 62.6. The second kappa shape index (κ2) is 11.9. The first-order valence-corrected chi connectivity index (χ1v) is 19.6. The molecule has 3 nitrogen and oxygen atoms in total. The van der Waals surface area contributed by atoms with E-state index in [9.17, 15) is 0 Å². The number of anilines is 3. The van der Waals surface area contributed by atoms with Gasteiger partial charge in [-0.05, 0) is 123 Å². The molecule has 11 rings (SSSR count). The van der Waals surface area contributed by atoms with Crippen LogP contribution in [0.15, 0.2) is 176 Å². The van der Waals surface area contributed by atoms with Gasteiger partial charge in [-0.1, -0.05) is 119 Å². The van der Waals surface area contributed by atoms with Gasteiger partial charge in [-0.3, -0.25) is 4.98 Å². The SMILES string of the molecule is CC1(C)c2ccccc2-c2cc3c(cc21)N(c1ccc(-c2ccccn2)cc1)c1ccc(-c2ccc4c(c2)c2ccccc2n4-c2ccccc2)cc1C3(C)C. The highest BCUT2D eigenvalue weighted by Gasteiger charge is 2.42. The molecule has 2 aromatic heterocycles. The molecule has 1 aliphatic heterocycles. The molecule has 1 aliphatic carbocycles. The molecule has 0 amide bonds. The normalized spacial score (nSPS) is 14.7. The van der Waals surface area contributed by atoms with Crippen LogP contribution >= 0.6 is 0 Å². The third-order valence-electron chi connectivity index (χ3n) is 12.6. The lowest BCUT2D eigenvalue weighted by Gasteiger charge is -2.43. The van der Waals surface area contributed by atoms with Crippen molar-refractivity contribution >= 4 is 38.9 Å². The number of para-hydroxylation sites is 2. The fourth-order valence-corrected chi connectivity index (χ4v) is 9.71. The minimum atomic E-state index is -0.269. The number of nitrogens with zero attached hydrogens (tertiary/aromatic N) is 3. The molecule has 0 unspecified atom stereocenters.